The molecule has 0 aliphatic carbocycles. The maximum atomic E-state index is 12.1. The molecule has 0 heterocycles. The first-order valence-corrected chi connectivity index (χ1v) is 12.1. The van der Waals surface area contributed by atoms with Crippen molar-refractivity contribution in [2.75, 3.05) is 10.6 Å². The average molecular weight is 536 g/mol. The van der Waals surface area contributed by atoms with E-state index in [2.05, 4.69) is 34.1 Å². The zero-order chi connectivity index (χ0) is 23.9. The van der Waals surface area contributed by atoms with Crippen molar-refractivity contribution in [2.45, 2.75) is 23.1 Å². The zero-order valence-corrected chi connectivity index (χ0v) is 20.3. The lowest BCUT2D eigenvalue weighted by atomic mass is 10.2. The maximum absolute atomic E-state index is 12.1. The third-order valence-corrected chi connectivity index (χ3v) is 5.97. The van der Waals surface area contributed by atoms with E-state index in [4.69, 9.17) is 40.6 Å². The molecule has 0 saturated carbocycles. The van der Waals surface area contributed by atoms with E-state index in [0.29, 0.717) is 21.4 Å². The molecule has 2 aromatic carbocycles. The smallest absolute Gasteiger partial charge is 0.245 e. The Bertz CT molecular complexity index is 1110. The van der Waals surface area contributed by atoms with E-state index in [1.54, 1.807) is 18.2 Å². The molecule has 2 rings (SSSR count). The first-order chi connectivity index (χ1) is 14.9. The highest BCUT2D eigenvalue weighted by molar-refractivity contribution is 7.89. The molecule has 1 unspecified atom stereocenters. The van der Waals surface area contributed by atoms with Crippen molar-refractivity contribution in [3.8, 4) is 0 Å². The Morgan fingerprint density at radius 3 is 2.25 bits per heavy atom. The number of carbonyl (C=O) groups excluding carboxylic acids is 2. The number of thiocarbonyl (C=S) groups is 1. The second kappa shape index (κ2) is 11.7. The number of halogens is 2. The third-order valence-electron chi connectivity index (χ3n) is 3.79. The van der Waals surface area contributed by atoms with Gasteiger partial charge in [-0.05, 0) is 54.7 Å². The normalized spacial score (nSPS) is 11.9. The van der Waals surface area contributed by atoms with E-state index < -0.39 is 27.7 Å². The number of Topliss-reactive ketones (excluding diaryl/α,β-unsaturated/α-hetero) is 1. The summed E-state index contributed by atoms with van der Waals surface area (Å²) in [6.45, 7) is 0. The minimum Gasteiger partial charge on any atom is -0.373 e. The molecule has 1 amide bonds. The number of thiol groups is 1. The Balaban J connectivity index is 1.74. The van der Waals surface area contributed by atoms with Crippen molar-refractivity contribution >= 4 is 86.2 Å². The molecule has 0 radical (unpaired) electrons. The predicted molar refractivity (Wildman–Crippen MR) is 132 cm³/mol. The molecule has 0 fully saturated rings. The number of amides is 1. The number of sulfonamides is 1. The molecule has 0 aliphatic rings. The van der Waals surface area contributed by atoms with Crippen LogP contribution in [0.25, 0.3) is 0 Å². The number of ketones is 1. The number of rotatable bonds is 8. The molecule has 172 valence electrons. The molecule has 0 aliphatic heterocycles. The summed E-state index contributed by atoms with van der Waals surface area (Å²) >= 11 is 21.1. The van der Waals surface area contributed by atoms with E-state index in [0.717, 1.165) is 0 Å². The first kappa shape index (κ1) is 26.2. The van der Waals surface area contributed by atoms with Crippen molar-refractivity contribution in [3.63, 3.8) is 0 Å². The van der Waals surface area contributed by atoms with Gasteiger partial charge in [0.05, 0.1) is 26.7 Å². The van der Waals surface area contributed by atoms with Gasteiger partial charge in [0.2, 0.25) is 15.9 Å². The molecule has 14 heteroatoms. The number of primary sulfonamides is 1. The van der Waals surface area contributed by atoms with Gasteiger partial charge in [0.15, 0.2) is 5.11 Å². The Morgan fingerprint density at radius 1 is 1.03 bits per heavy atom. The SMILES string of the molecule is NS(=O)(=O)c1ccc(NC(S)CC(=O)CC(=O)NNC(=S)Nc2ccc(Cl)c(Cl)c2)cc1. The highest BCUT2D eigenvalue weighted by Crippen LogP contribution is 2.24. The van der Waals surface area contributed by atoms with Crippen LogP contribution >= 0.6 is 48.0 Å². The summed E-state index contributed by atoms with van der Waals surface area (Å²) in [4.78, 5) is 24.0. The van der Waals surface area contributed by atoms with Crippen LogP contribution in [0.2, 0.25) is 10.0 Å². The van der Waals surface area contributed by atoms with E-state index in [-0.39, 0.29) is 22.2 Å². The summed E-state index contributed by atoms with van der Waals surface area (Å²) in [6, 6.07) is 10.4. The quantitative estimate of drug-likeness (QED) is 0.0995. The molecule has 0 saturated heterocycles. The highest BCUT2D eigenvalue weighted by Gasteiger charge is 2.15. The largest absolute Gasteiger partial charge is 0.373 e. The standard InChI is InChI=1S/C18H19Cl2N5O4S3/c19-14-6-3-11(7-15(14)20)23-18(31)25-24-16(27)8-12(26)9-17(30)22-10-1-4-13(5-2-10)32(21,28)29/h1-7,17,22,30H,8-9H2,(H,24,27)(H2,21,28,29)(H2,23,25,31). The van der Waals surface area contributed by atoms with Crippen molar-refractivity contribution in [1.29, 1.82) is 0 Å². The summed E-state index contributed by atoms with van der Waals surface area (Å²) in [7, 11) is -3.79. The number of nitrogens with two attached hydrogens (primary N) is 1. The van der Waals surface area contributed by atoms with Gasteiger partial charge in [-0.3, -0.25) is 20.4 Å². The predicted octanol–water partition coefficient (Wildman–Crippen LogP) is 2.68. The summed E-state index contributed by atoms with van der Waals surface area (Å²) in [5.74, 6) is -0.965. The number of benzene rings is 2. The topological polar surface area (TPSA) is 142 Å². The van der Waals surface area contributed by atoms with Crippen LogP contribution < -0.4 is 26.6 Å². The van der Waals surface area contributed by atoms with Gasteiger partial charge in [0, 0.05) is 17.8 Å². The first-order valence-electron chi connectivity index (χ1n) is 8.84. The fraction of sp³-hybridized carbons (Fsp3) is 0.167. The number of anilines is 2. The van der Waals surface area contributed by atoms with Crippen LogP contribution in [0.3, 0.4) is 0 Å². The van der Waals surface area contributed by atoms with E-state index in [1.165, 1.54) is 24.3 Å². The second-order valence-corrected chi connectivity index (χ2v) is 9.81. The lowest BCUT2D eigenvalue weighted by Crippen LogP contribution is -2.44. The van der Waals surface area contributed by atoms with Crippen LogP contribution in [-0.4, -0.2) is 30.6 Å². The molecule has 0 spiro atoms. The average Bonchev–Trinajstić information content (AvgIpc) is 2.68. The molecule has 0 bridgehead atoms. The van der Waals surface area contributed by atoms with Gasteiger partial charge < -0.3 is 10.6 Å². The molecule has 0 aromatic heterocycles. The molecule has 2 aromatic rings. The molecule has 9 nitrogen and oxygen atoms in total. The van der Waals surface area contributed by atoms with Gasteiger partial charge in [-0.1, -0.05) is 23.2 Å². The number of nitrogens with one attached hydrogen (secondary N) is 4. The number of hydrazine groups is 1. The van der Waals surface area contributed by atoms with Gasteiger partial charge in [0.1, 0.15) is 5.78 Å². The summed E-state index contributed by atoms with van der Waals surface area (Å²) in [5.41, 5.74) is 5.89. The Labute approximate surface area is 205 Å². The fourth-order valence-electron chi connectivity index (χ4n) is 2.36. The lowest BCUT2D eigenvalue weighted by molar-refractivity contribution is -0.128. The van der Waals surface area contributed by atoms with Gasteiger partial charge in [0.25, 0.3) is 0 Å². The monoisotopic (exact) mass is 535 g/mol. The van der Waals surface area contributed by atoms with Crippen molar-refractivity contribution < 1.29 is 18.0 Å². The van der Waals surface area contributed by atoms with E-state index in [9.17, 15) is 18.0 Å². The maximum Gasteiger partial charge on any atom is 0.245 e. The number of hydrogen-bond acceptors (Lipinski definition) is 7. The highest BCUT2D eigenvalue weighted by atomic mass is 35.5. The van der Waals surface area contributed by atoms with Crippen LogP contribution in [-0.2, 0) is 19.6 Å². The fourth-order valence-corrected chi connectivity index (χ4v) is 3.69. The van der Waals surface area contributed by atoms with Crippen LogP contribution in [0.15, 0.2) is 47.4 Å². The number of carbonyl (C=O) groups is 2. The molecular formula is C18H19Cl2N5O4S3. The van der Waals surface area contributed by atoms with Gasteiger partial charge in [-0.15, -0.1) is 0 Å². The van der Waals surface area contributed by atoms with Crippen molar-refractivity contribution in [1.82, 2.24) is 10.9 Å². The van der Waals surface area contributed by atoms with Crippen molar-refractivity contribution in [2.24, 2.45) is 5.14 Å². The summed E-state index contributed by atoms with van der Waals surface area (Å²) in [6.07, 6.45) is -0.453. The van der Waals surface area contributed by atoms with Crippen LogP contribution in [0.1, 0.15) is 12.8 Å². The minimum absolute atomic E-state index is 0.0365. The molecule has 32 heavy (non-hydrogen) atoms. The lowest BCUT2D eigenvalue weighted by Gasteiger charge is -2.15. The zero-order valence-electron chi connectivity index (χ0n) is 16.3. The molecule has 6 N–H and O–H groups in total. The van der Waals surface area contributed by atoms with Crippen LogP contribution in [0, 0.1) is 0 Å². The minimum atomic E-state index is -3.79. The molecule has 1 atom stereocenters. The third kappa shape index (κ3) is 8.81. The Kier molecular flexibility index (Phi) is 9.55. The van der Waals surface area contributed by atoms with Crippen LogP contribution in [0.4, 0.5) is 11.4 Å². The number of hydrogen-bond donors (Lipinski definition) is 6. The Hall–Kier alpha value is -2.09. The van der Waals surface area contributed by atoms with Gasteiger partial charge >= 0.3 is 0 Å². The van der Waals surface area contributed by atoms with Crippen molar-refractivity contribution in [3.05, 3.63) is 52.5 Å². The van der Waals surface area contributed by atoms with Gasteiger partial charge in [-0.25, -0.2) is 13.6 Å². The summed E-state index contributed by atoms with van der Waals surface area (Å²) in [5, 5.41) is 11.0. The van der Waals surface area contributed by atoms with Crippen LogP contribution in [0.5, 0.6) is 0 Å². The molecular weight excluding hydrogens is 517 g/mol. The second-order valence-electron chi connectivity index (χ2n) is 6.41. The summed E-state index contributed by atoms with van der Waals surface area (Å²) < 4.78 is 22.5. The Morgan fingerprint density at radius 2 is 1.66 bits per heavy atom. The van der Waals surface area contributed by atoms with E-state index in [1.807, 2.05) is 0 Å². The van der Waals surface area contributed by atoms with E-state index >= 15 is 0 Å². The van der Waals surface area contributed by atoms with Gasteiger partial charge in [-0.2, -0.15) is 12.6 Å².